The van der Waals surface area contributed by atoms with E-state index in [4.69, 9.17) is 0 Å². The molecular formula is C16H22N6O. The first kappa shape index (κ1) is 16.5. The van der Waals surface area contributed by atoms with Crippen molar-refractivity contribution in [3.05, 3.63) is 42.1 Å². The van der Waals surface area contributed by atoms with E-state index in [2.05, 4.69) is 31.2 Å². The Morgan fingerprint density at radius 3 is 2.61 bits per heavy atom. The summed E-state index contributed by atoms with van der Waals surface area (Å²) in [5, 5.41) is 11.8. The molecule has 7 nitrogen and oxygen atoms in total. The Bertz CT molecular complexity index is 632. The molecule has 0 aliphatic rings. The molecule has 0 spiro atoms. The predicted octanol–water partition coefficient (Wildman–Crippen LogP) is 2.45. The summed E-state index contributed by atoms with van der Waals surface area (Å²) in [6.07, 6.45) is 0. The molecular weight excluding hydrogens is 292 g/mol. The molecule has 7 heteroatoms. The minimum Gasteiger partial charge on any atom is -0.368 e. The van der Waals surface area contributed by atoms with Gasteiger partial charge >= 0.3 is 6.03 Å². The summed E-state index contributed by atoms with van der Waals surface area (Å²) < 4.78 is 0. The minimum atomic E-state index is -0.231. The lowest BCUT2D eigenvalue weighted by Gasteiger charge is -2.10. The average molecular weight is 314 g/mol. The standard InChI is InChI=1S/C16H22N6O/c1-3-17-15-20-12(2)11-14(22-15)18-9-10-19-16(23)21-13-7-5-4-6-8-13/h4-8,11H,3,9-10H2,1-2H3,(H2,19,21,23)(H2,17,18,20,22). The van der Waals surface area contributed by atoms with Gasteiger partial charge in [-0.15, -0.1) is 0 Å². The van der Waals surface area contributed by atoms with Crippen molar-refractivity contribution in [3.63, 3.8) is 0 Å². The van der Waals surface area contributed by atoms with Crippen molar-refractivity contribution in [2.24, 2.45) is 0 Å². The zero-order valence-electron chi connectivity index (χ0n) is 13.4. The molecule has 0 atom stereocenters. The number of carbonyl (C=O) groups excluding carboxylic acids is 1. The second kappa shape index (κ2) is 8.57. The first-order valence-corrected chi connectivity index (χ1v) is 7.60. The van der Waals surface area contributed by atoms with Gasteiger partial charge in [0.25, 0.3) is 0 Å². The summed E-state index contributed by atoms with van der Waals surface area (Å²) in [6.45, 7) is 5.74. The van der Waals surface area contributed by atoms with Gasteiger partial charge in [0.15, 0.2) is 0 Å². The maximum absolute atomic E-state index is 11.7. The molecule has 0 radical (unpaired) electrons. The second-order valence-corrected chi connectivity index (χ2v) is 4.92. The molecule has 0 aliphatic heterocycles. The number of anilines is 3. The van der Waals surface area contributed by atoms with E-state index in [1.54, 1.807) is 0 Å². The maximum atomic E-state index is 11.7. The van der Waals surface area contributed by atoms with Gasteiger partial charge in [0, 0.05) is 37.1 Å². The SMILES string of the molecule is CCNc1nc(C)cc(NCCNC(=O)Nc2ccccc2)n1. The Morgan fingerprint density at radius 1 is 1.09 bits per heavy atom. The van der Waals surface area contributed by atoms with Crippen molar-refractivity contribution in [3.8, 4) is 0 Å². The van der Waals surface area contributed by atoms with Crippen molar-refractivity contribution in [2.45, 2.75) is 13.8 Å². The van der Waals surface area contributed by atoms with Gasteiger partial charge < -0.3 is 21.3 Å². The largest absolute Gasteiger partial charge is 0.368 e. The van der Waals surface area contributed by atoms with Crippen LogP contribution < -0.4 is 21.3 Å². The number of benzene rings is 1. The summed E-state index contributed by atoms with van der Waals surface area (Å²) in [6, 6.07) is 11.0. The third-order valence-electron chi connectivity index (χ3n) is 2.94. The summed E-state index contributed by atoms with van der Waals surface area (Å²) >= 11 is 0. The number of hydrogen-bond acceptors (Lipinski definition) is 5. The average Bonchev–Trinajstić information content (AvgIpc) is 2.52. The lowest BCUT2D eigenvalue weighted by atomic mass is 10.3. The lowest BCUT2D eigenvalue weighted by molar-refractivity contribution is 0.252. The van der Waals surface area contributed by atoms with E-state index in [-0.39, 0.29) is 6.03 Å². The van der Waals surface area contributed by atoms with Gasteiger partial charge in [-0.25, -0.2) is 9.78 Å². The molecule has 0 fully saturated rings. The molecule has 23 heavy (non-hydrogen) atoms. The fourth-order valence-electron chi connectivity index (χ4n) is 1.96. The third kappa shape index (κ3) is 5.82. The molecule has 1 aromatic heterocycles. The van der Waals surface area contributed by atoms with Gasteiger partial charge in [-0.3, -0.25) is 0 Å². The van der Waals surface area contributed by atoms with Gasteiger partial charge in [0.1, 0.15) is 5.82 Å². The van der Waals surface area contributed by atoms with Gasteiger partial charge in [-0.1, -0.05) is 18.2 Å². The number of urea groups is 1. The molecule has 1 aromatic carbocycles. The normalized spacial score (nSPS) is 10.0. The highest BCUT2D eigenvalue weighted by Gasteiger charge is 2.02. The Balaban J connectivity index is 1.73. The minimum absolute atomic E-state index is 0.231. The van der Waals surface area contributed by atoms with E-state index < -0.39 is 0 Å². The van der Waals surface area contributed by atoms with E-state index in [1.807, 2.05) is 50.2 Å². The number of hydrogen-bond donors (Lipinski definition) is 4. The van der Waals surface area contributed by atoms with Crippen LogP contribution in [-0.2, 0) is 0 Å². The van der Waals surface area contributed by atoms with Crippen molar-refractivity contribution in [2.75, 3.05) is 35.6 Å². The number of amides is 2. The number of carbonyl (C=O) groups is 1. The maximum Gasteiger partial charge on any atom is 0.319 e. The molecule has 4 N–H and O–H groups in total. The lowest BCUT2D eigenvalue weighted by Crippen LogP contribution is -2.32. The first-order valence-electron chi connectivity index (χ1n) is 7.60. The van der Waals surface area contributed by atoms with Crippen LogP contribution in [0.2, 0.25) is 0 Å². The monoisotopic (exact) mass is 314 g/mol. The van der Waals surface area contributed by atoms with Crippen molar-refractivity contribution in [1.29, 1.82) is 0 Å². The first-order chi connectivity index (χ1) is 11.2. The molecule has 0 bridgehead atoms. The van der Waals surface area contributed by atoms with Gasteiger partial charge in [-0.2, -0.15) is 4.98 Å². The fourth-order valence-corrected chi connectivity index (χ4v) is 1.96. The van der Waals surface area contributed by atoms with E-state index in [1.165, 1.54) is 0 Å². The summed E-state index contributed by atoms with van der Waals surface area (Å²) in [7, 11) is 0. The summed E-state index contributed by atoms with van der Waals surface area (Å²) in [5.41, 5.74) is 1.65. The molecule has 0 saturated heterocycles. The number of aryl methyl sites for hydroxylation is 1. The smallest absolute Gasteiger partial charge is 0.319 e. The van der Waals surface area contributed by atoms with Crippen molar-refractivity contribution >= 4 is 23.5 Å². The summed E-state index contributed by atoms with van der Waals surface area (Å²) in [4.78, 5) is 20.4. The van der Waals surface area contributed by atoms with E-state index in [9.17, 15) is 4.79 Å². The van der Waals surface area contributed by atoms with Crippen LogP contribution in [0.4, 0.5) is 22.2 Å². The highest BCUT2D eigenvalue weighted by molar-refractivity contribution is 5.89. The topological polar surface area (TPSA) is 91.0 Å². The third-order valence-corrected chi connectivity index (χ3v) is 2.94. The van der Waals surface area contributed by atoms with Crippen LogP contribution in [0.25, 0.3) is 0 Å². The Labute approximate surface area is 135 Å². The molecule has 2 aromatic rings. The van der Waals surface area contributed by atoms with Crippen LogP contribution in [0.15, 0.2) is 36.4 Å². The molecule has 2 amide bonds. The number of para-hydroxylation sites is 1. The highest BCUT2D eigenvalue weighted by atomic mass is 16.2. The number of nitrogens with one attached hydrogen (secondary N) is 4. The van der Waals surface area contributed by atoms with Crippen LogP contribution in [0.5, 0.6) is 0 Å². The molecule has 122 valence electrons. The van der Waals surface area contributed by atoms with Gasteiger partial charge in [0.05, 0.1) is 0 Å². The van der Waals surface area contributed by atoms with Crippen molar-refractivity contribution in [1.82, 2.24) is 15.3 Å². The Hall–Kier alpha value is -2.83. The summed E-state index contributed by atoms with van der Waals surface area (Å²) in [5.74, 6) is 1.34. The Kier molecular flexibility index (Phi) is 6.17. The number of aromatic nitrogens is 2. The van der Waals surface area contributed by atoms with Crippen molar-refractivity contribution < 1.29 is 4.79 Å². The molecule has 1 heterocycles. The number of rotatable bonds is 7. The van der Waals surface area contributed by atoms with Crippen LogP contribution in [-0.4, -0.2) is 35.6 Å². The quantitative estimate of drug-likeness (QED) is 0.589. The highest BCUT2D eigenvalue weighted by Crippen LogP contribution is 2.08. The Morgan fingerprint density at radius 2 is 1.87 bits per heavy atom. The van der Waals surface area contributed by atoms with Crippen LogP contribution in [0, 0.1) is 6.92 Å². The zero-order valence-corrected chi connectivity index (χ0v) is 13.4. The van der Waals surface area contributed by atoms with E-state index in [0.717, 1.165) is 23.7 Å². The number of nitrogens with zero attached hydrogens (tertiary/aromatic N) is 2. The zero-order chi connectivity index (χ0) is 16.5. The van der Waals surface area contributed by atoms with Crippen LogP contribution in [0.1, 0.15) is 12.6 Å². The predicted molar refractivity (Wildman–Crippen MR) is 92.9 cm³/mol. The van der Waals surface area contributed by atoms with Gasteiger partial charge in [0.2, 0.25) is 5.95 Å². The van der Waals surface area contributed by atoms with Crippen LogP contribution >= 0.6 is 0 Å². The molecule has 2 rings (SSSR count). The molecule has 0 unspecified atom stereocenters. The van der Waals surface area contributed by atoms with E-state index >= 15 is 0 Å². The molecule has 0 saturated carbocycles. The van der Waals surface area contributed by atoms with E-state index in [0.29, 0.717) is 19.0 Å². The van der Waals surface area contributed by atoms with Gasteiger partial charge in [-0.05, 0) is 26.0 Å². The second-order valence-electron chi connectivity index (χ2n) is 4.92. The fraction of sp³-hybridized carbons (Fsp3) is 0.312. The van der Waals surface area contributed by atoms with Crippen LogP contribution in [0.3, 0.4) is 0 Å². The molecule has 0 aliphatic carbocycles.